The summed E-state index contributed by atoms with van der Waals surface area (Å²) in [4.78, 5) is 0. The van der Waals surface area contributed by atoms with Gasteiger partial charge in [0.2, 0.25) is 0 Å². The van der Waals surface area contributed by atoms with Gasteiger partial charge in [-0.15, -0.1) is 0 Å². The van der Waals surface area contributed by atoms with Crippen LogP contribution in [-0.2, 0) is 5.92 Å². The number of ether oxygens (including phenoxy) is 1. The lowest BCUT2D eigenvalue weighted by Gasteiger charge is -2.18. The van der Waals surface area contributed by atoms with Gasteiger partial charge in [-0.05, 0) is 30.2 Å². The highest BCUT2D eigenvalue weighted by molar-refractivity contribution is 5.29. The average Bonchev–Trinajstić information content (AvgIpc) is 2.16. The molecule has 1 aromatic carbocycles. The van der Waals surface area contributed by atoms with Crippen LogP contribution in [-0.4, -0.2) is 7.11 Å². The molecule has 0 unspecified atom stereocenters. The van der Waals surface area contributed by atoms with Gasteiger partial charge in [-0.1, -0.05) is 13.8 Å². The molecule has 0 saturated carbocycles. The summed E-state index contributed by atoms with van der Waals surface area (Å²) < 4.78 is 32.1. The molecule has 0 aromatic heterocycles. The standard InChI is InChI=1S/C12H16F2O/c1-9(2)8-12(13,14)10-4-6-11(15-3)7-5-10/h4-7,9H,8H2,1-3H3. The molecule has 0 N–H and O–H groups in total. The monoisotopic (exact) mass is 214 g/mol. The molecular formula is C12H16F2O. The van der Waals surface area contributed by atoms with Crippen LogP contribution in [0.4, 0.5) is 8.78 Å². The minimum Gasteiger partial charge on any atom is -0.497 e. The summed E-state index contributed by atoms with van der Waals surface area (Å²) in [6.45, 7) is 3.58. The molecule has 0 radical (unpaired) electrons. The molecule has 84 valence electrons. The van der Waals surface area contributed by atoms with Crippen LogP contribution < -0.4 is 4.74 Å². The highest BCUT2D eigenvalue weighted by atomic mass is 19.3. The first-order valence-electron chi connectivity index (χ1n) is 4.98. The summed E-state index contributed by atoms with van der Waals surface area (Å²) in [5.74, 6) is -2.18. The van der Waals surface area contributed by atoms with Crippen LogP contribution in [0.15, 0.2) is 24.3 Å². The number of hydrogen-bond donors (Lipinski definition) is 0. The van der Waals surface area contributed by atoms with Gasteiger partial charge in [-0.3, -0.25) is 0 Å². The van der Waals surface area contributed by atoms with Crippen molar-refractivity contribution in [3.05, 3.63) is 29.8 Å². The summed E-state index contributed by atoms with van der Waals surface area (Å²) in [5.41, 5.74) is 0.0528. The second-order valence-electron chi connectivity index (χ2n) is 4.03. The fourth-order valence-corrected chi connectivity index (χ4v) is 1.47. The van der Waals surface area contributed by atoms with Crippen molar-refractivity contribution in [3.63, 3.8) is 0 Å². The number of benzene rings is 1. The molecular weight excluding hydrogens is 198 g/mol. The Bertz CT molecular complexity index is 304. The Morgan fingerprint density at radius 2 is 1.73 bits per heavy atom. The van der Waals surface area contributed by atoms with E-state index in [1.807, 2.05) is 0 Å². The summed E-state index contributed by atoms with van der Waals surface area (Å²) in [6.07, 6.45) is -0.126. The van der Waals surface area contributed by atoms with Crippen molar-refractivity contribution in [3.8, 4) is 5.75 Å². The first-order valence-corrected chi connectivity index (χ1v) is 4.98. The molecule has 1 rings (SSSR count). The zero-order valence-corrected chi connectivity index (χ0v) is 9.26. The third-order valence-corrected chi connectivity index (χ3v) is 2.18. The highest BCUT2D eigenvalue weighted by Crippen LogP contribution is 2.35. The van der Waals surface area contributed by atoms with Crippen LogP contribution in [0.2, 0.25) is 0 Å². The van der Waals surface area contributed by atoms with Gasteiger partial charge in [0.15, 0.2) is 0 Å². The maximum absolute atomic E-state index is 13.6. The van der Waals surface area contributed by atoms with E-state index in [2.05, 4.69) is 0 Å². The van der Waals surface area contributed by atoms with E-state index in [1.54, 1.807) is 26.0 Å². The van der Waals surface area contributed by atoms with Crippen molar-refractivity contribution in [2.24, 2.45) is 5.92 Å². The van der Waals surface area contributed by atoms with Crippen LogP contribution >= 0.6 is 0 Å². The molecule has 1 nitrogen and oxygen atoms in total. The van der Waals surface area contributed by atoms with Gasteiger partial charge < -0.3 is 4.74 Å². The Labute approximate surface area is 89.1 Å². The van der Waals surface area contributed by atoms with Crippen LogP contribution in [0.25, 0.3) is 0 Å². The Kier molecular flexibility index (Phi) is 3.66. The van der Waals surface area contributed by atoms with E-state index < -0.39 is 5.92 Å². The first kappa shape index (κ1) is 12.0. The molecule has 0 atom stereocenters. The van der Waals surface area contributed by atoms with Crippen molar-refractivity contribution >= 4 is 0 Å². The molecule has 0 aliphatic carbocycles. The van der Waals surface area contributed by atoms with Gasteiger partial charge in [0.25, 0.3) is 5.92 Å². The third kappa shape index (κ3) is 3.18. The van der Waals surface area contributed by atoms with Crippen LogP contribution in [0.3, 0.4) is 0 Å². The van der Waals surface area contributed by atoms with Crippen LogP contribution in [0.5, 0.6) is 5.75 Å². The summed E-state index contributed by atoms with van der Waals surface area (Å²) >= 11 is 0. The molecule has 15 heavy (non-hydrogen) atoms. The van der Waals surface area contributed by atoms with Crippen LogP contribution in [0.1, 0.15) is 25.8 Å². The molecule has 0 aliphatic rings. The number of hydrogen-bond acceptors (Lipinski definition) is 1. The molecule has 0 bridgehead atoms. The fraction of sp³-hybridized carbons (Fsp3) is 0.500. The Morgan fingerprint density at radius 3 is 2.13 bits per heavy atom. The molecule has 3 heteroatoms. The van der Waals surface area contributed by atoms with E-state index in [4.69, 9.17) is 4.74 Å². The summed E-state index contributed by atoms with van der Waals surface area (Å²) in [7, 11) is 1.52. The zero-order valence-electron chi connectivity index (χ0n) is 9.26. The van der Waals surface area contributed by atoms with E-state index in [0.29, 0.717) is 5.75 Å². The lowest BCUT2D eigenvalue weighted by Crippen LogP contribution is -2.16. The van der Waals surface area contributed by atoms with Crippen molar-refractivity contribution in [1.29, 1.82) is 0 Å². The molecule has 0 heterocycles. The van der Waals surface area contributed by atoms with Crippen LogP contribution in [0, 0.1) is 5.92 Å². The number of alkyl halides is 2. The topological polar surface area (TPSA) is 9.23 Å². The van der Waals surface area contributed by atoms with Crippen molar-refractivity contribution in [1.82, 2.24) is 0 Å². The zero-order chi connectivity index (χ0) is 11.5. The Morgan fingerprint density at radius 1 is 1.20 bits per heavy atom. The maximum Gasteiger partial charge on any atom is 0.273 e. The Balaban J connectivity index is 2.85. The molecule has 0 amide bonds. The predicted octanol–water partition coefficient (Wildman–Crippen LogP) is 3.83. The van der Waals surface area contributed by atoms with Crippen molar-refractivity contribution < 1.29 is 13.5 Å². The van der Waals surface area contributed by atoms with Gasteiger partial charge >= 0.3 is 0 Å². The normalized spacial score (nSPS) is 11.9. The average molecular weight is 214 g/mol. The second-order valence-corrected chi connectivity index (χ2v) is 4.03. The van der Waals surface area contributed by atoms with Gasteiger partial charge in [0.05, 0.1) is 7.11 Å². The lowest BCUT2D eigenvalue weighted by molar-refractivity contribution is -0.0249. The number of halogens is 2. The van der Waals surface area contributed by atoms with Crippen molar-refractivity contribution in [2.75, 3.05) is 7.11 Å². The van der Waals surface area contributed by atoms with Gasteiger partial charge in [-0.2, -0.15) is 0 Å². The van der Waals surface area contributed by atoms with E-state index in [0.717, 1.165) is 0 Å². The molecule has 0 saturated heterocycles. The van der Waals surface area contributed by atoms with Crippen molar-refractivity contribution in [2.45, 2.75) is 26.2 Å². The smallest absolute Gasteiger partial charge is 0.273 e. The molecule has 0 aliphatic heterocycles. The fourth-order valence-electron chi connectivity index (χ4n) is 1.47. The Hall–Kier alpha value is -1.12. The summed E-state index contributed by atoms with van der Waals surface area (Å²) in [5, 5.41) is 0. The quantitative estimate of drug-likeness (QED) is 0.740. The van der Waals surface area contributed by atoms with Gasteiger partial charge in [-0.25, -0.2) is 8.78 Å². The molecule has 0 fully saturated rings. The van der Waals surface area contributed by atoms with E-state index in [-0.39, 0.29) is 17.9 Å². The largest absolute Gasteiger partial charge is 0.497 e. The number of methoxy groups -OCH3 is 1. The summed E-state index contributed by atoms with van der Waals surface area (Å²) in [6, 6.07) is 5.95. The number of rotatable bonds is 4. The van der Waals surface area contributed by atoms with E-state index >= 15 is 0 Å². The van der Waals surface area contributed by atoms with Gasteiger partial charge in [0, 0.05) is 12.0 Å². The highest BCUT2D eigenvalue weighted by Gasteiger charge is 2.32. The minimum absolute atomic E-state index is 0.0258. The van der Waals surface area contributed by atoms with Gasteiger partial charge in [0.1, 0.15) is 5.75 Å². The maximum atomic E-state index is 13.6. The third-order valence-electron chi connectivity index (χ3n) is 2.18. The first-order chi connectivity index (χ1) is 6.95. The minimum atomic E-state index is -2.75. The second kappa shape index (κ2) is 4.60. The van der Waals surface area contributed by atoms with E-state index in [1.165, 1.54) is 19.2 Å². The molecule has 1 aromatic rings. The van der Waals surface area contributed by atoms with E-state index in [9.17, 15) is 8.78 Å². The SMILES string of the molecule is COc1ccc(C(F)(F)CC(C)C)cc1. The lowest BCUT2D eigenvalue weighted by atomic mass is 9.98. The predicted molar refractivity (Wildman–Crippen MR) is 56.3 cm³/mol. The molecule has 0 spiro atoms.